The summed E-state index contributed by atoms with van der Waals surface area (Å²) in [6.07, 6.45) is 1.98. The normalized spacial score (nSPS) is 21.2. The van der Waals surface area contributed by atoms with E-state index in [-0.39, 0.29) is 0 Å². The summed E-state index contributed by atoms with van der Waals surface area (Å²) < 4.78 is 0. The molecule has 4 nitrogen and oxygen atoms in total. The first kappa shape index (κ1) is 14.0. The number of hydrogen-bond donors (Lipinski definition) is 2. The molecule has 2 rings (SSSR count). The molecular weight excluding hydrogens is 238 g/mol. The Hall–Kier alpha value is -1.41. The summed E-state index contributed by atoms with van der Waals surface area (Å²) >= 11 is 0. The number of nitrogens with zero attached hydrogens (tertiary/aromatic N) is 2. The molecule has 1 fully saturated rings. The van der Waals surface area contributed by atoms with Crippen molar-refractivity contribution in [3.63, 3.8) is 0 Å². The second kappa shape index (κ2) is 6.67. The van der Waals surface area contributed by atoms with Crippen molar-refractivity contribution in [2.24, 2.45) is 0 Å². The smallest absolute Gasteiger partial charge is 0.0991 e. The second-order valence-electron chi connectivity index (χ2n) is 5.18. The number of hydrogen-bond acceptors (Lipinski definition) is 4. The van der Waals surface area contributed by atoms with Gasteiger partial charge in [0.25, 0.3) is 0 Å². The zero-order valence-electron chi connectivity index (χ0n) is 11.3. The quantitative estimate of drug-likeness (QED) is 0.836. The Morgan fingerprint density at radius 1 is 1.47 bits per heavy atom. The average Bonchev–Trinajstić information content (AvgIpc) is 2.84. The monoisotopic (exact) mass is 259 g/mol. The predicted octanol–water partition coefficient (Wildman–Crippen LogP) is 1.28. The van der Waals surface area contributed by atoms with Crippen LogP contribution in [0.25, 0.3) is 0 Å². The van der Waals surface area contributed by atoms with E-state index in [0.717, 1.165) is 12.1 Å². The second-order valence-corrected chi connectivity index (χ2v) is 5.18. The largest absolute Gasteiger partial charge is 0.387 e. The van der Waals surface area contributed by atoms with E-state index in [0.29, 0.717) is 18.2 Å². The number of aliphatic hydroxyl groups is 1. The molecule has 0 spiro atoms. The molecule has 0 saturated carbocycles. The van der Waals surface area contributed by atoms with Crippen LogP contribution < -0.4 is 5.32 Å². The minimum Gasteiger partial charge on any atom is -0.387 e. The van der Waals surface area contributed by atoms with Crippen molar-refractivity contribution in [2.45, 2.75) is 25.0 Å². The van der Waals surface area contributed by atoms with Crippen LogP contribution in [0.4, 0.5) is 0 Å². The molecule has 1 aliphatic rings. The van der Waals surface area contributed by atoms with Gasteiger partial charge in [-0.25, -0.2) is 0 Å². The van der Waals surface area contributed by atoms with Crippen molar-refractivity contribution in [1.29, 1.82) is 5.26 Å². The highest BCUT2D eigenvalue weighted by Gasteiger charge is 2.20. The lowest BCUT2D eigenvalue weighted by atomic mass is 10.1. The molecular formula is C15H21N3O. The number of likely N-dealkylation sites (N-methyl/N-ethyl adjacent to an activating group) is 1. The van der Waals surface area contributed by atoms with Crippen LogP contribution in [0.3, 0.4) is 0 Å². The molecule has 0 amide bonds. The van der Waals surface area contributed by atoms with Crippen LogP contribution in [0.15, 0.2) is 24.3 Å². The molecule has 1 aromatic rings. The molecule has 0 aliphatic carbocycles. The Morgan fingerprint density at radius 3 is 2.79 bits per heavy atom. The van der Waals surface area contributed by atoms with Crippen LogP contribution in [0, 0.1) is 11.3 Å². The molecule has 2 unspecified atom stereocenters. The highest BCUT2D eigenvalue weighted by Crippen LogP contribution is 2.15. The van der Waals surface area contributed by atoms with Gasteiger partial charge in [0, 0.05) is 19.1 Å². The van der Waals surface area contributed by atoms with Crippen LogP contribution in [0.5, 0.6) is 0 Å². The highest BCUT2D eigenvalue weighted by atomic mass is 16.3. The topological polar surface area (TPSA) is 59.3 Å². The number of nitriles is 1. The van der Waals surface area contributed by atoms with E-state index in [1.165, 1.54) is 19.4 Å². The Morgan fingerprint density at radius 2 is 2.21 bits per heavy atom. The fourth-order valence-electron chi connectivity index (χ4n) is 2.52. The van der Waals surface area contributed by atoms with Gasteiger partial charge < -0.3 is 15.3 Å². The van der Waals surface area contributed by atoms with Crippen LogP contribution in [0.1, 0.15) is 30.1 Å². The van der Waals surface area contributed by atoms with Gasteiger partial charge in [0.1, 0.15) is 0 Å². The molecule has 0 aromatic heterocycles. The lowest BCUT2D eigenvalue weighted by Gasteiger charge is -2.21. The summed E-state index contributed by atoms with van der Waals surface area (Å²) in [5, 5.41) is 22.1. The number of benzene rings is 1. The van der Waals surface area contributed by atoms with E-state index in [2.05, 4.69) is 23.3 Å². The Balaban J connectivity index is 1.77. The molecule has 1 saturated heterocycles. The maximum atomic E-state index is 10.1. The van der Waals surface area contributed by atoms with Gasteiger partial charge >= 0.3 is 0 Å². The molecule has 0 radical (unpaired) electrons. The Kier molecular flexibility index (Phi) is 4.92. The van der Waals surface area contributed by atoms with E-state index in [4.69, 9.17) is 5.26 Å². The fraction of sp³-hybridized carbons (Fsp3) is 0.533. The lowest BCUT2D eigenvalue weighted by molar-refractivity contribution is 0.170. The first-order chi connectivity index (χ1) is 9.20. The molecule has 0 bridgehead atoms. The van der Waals surface area contributed by atoms with Gasteiger partial charge in [0.15, 0.2) is 0 Å². The summed E-state index contributed by atoms with van der Waals surface area (Å²) in [6, 6.07) is 9.77. The number of nitrogens with one attached hydrogen (secondary N) is 1. The predicted molar refractivity (Wildman–Crippen MR) is 74.6 cm³/mol. The maximum absolute atomic E-state index is 10.1. The van der Waals surface area contributed by atoms with Gasteiger partial charge in [-0.15, -0.1) is 0 Å². The van der Waals surface area contributed by atoms with Gasteiger partial charge in [-0.05, 0) is 44.1 Å². The van der Waals surface area contributed by atoms with Gasteiger partial charge in [-0.2, -0.15) is 5.26 Å². The van der Waals surface area contributed by atoms with Crippen LogP contribution in [0.2, 0.25) is 0 Å². The Bertz CT molecular complexity index is 438. The fourth-order valence-corrected chi connectivity index (χ4v) is 2.52. The zero-order chi connectivity index (χ0) is 13.7. The SMILES string of the molecule is CN1CCCC1CNCC(O)c1ccc(C#N)cc1. The molecule has 1 aromatic carbocycles. The zero-order valence-corrected chi connectivity index (χ0v) is 11.3. The summed E-state index contributed by atoms with van der Waals surface area (Å²) in [5.74, 6) is 0. The maximum Gasteiger partial charge on any atom is 0.0991 e. The first-order valence-electron chi connectivity index (χ1n) is 6.80. The van der Waals surface area contributed by atoms with E-state index < -0.39 is 6.10 Å². The molecule has 1 aliphatic heterocycles. The minimum absolute atomic E-state index is 0.514. The number of likely N-dealkylation sites (tertiary alicyclic amines) is 1. The van der Waals surface area contributed by atoms with Gasteiger partial charge in [0.05, 0.1) is 17.7 Å². The third kappa shape index (κ3) is 3.77. The third-order valence-corrected chi connectivity index (χ3v) is 3.81. The molecule has 102 valence electrons. The number of rotatable bonds is 5. The van der Waals surface area contributed by atoms with Crippen molar-refractivity contribution in [1.82, 2.24) is 10.2 Å². The van der Waals surface area contributed by atoms with E-state index in [1.54, 1.807) is 12.1 Å². The molecule has 4 heteroatoms. The summed E-state index contributed by atoms with van der Waals surface area (Å²) in [4.78, 5) is 2.36. The van der Waals surface area contributed by atoms with E-state index in [1.807, 2.05) is 12.1 Å². The Labute approximate surface area is 114 Å². The van der Waals surface area contributed by atoms with Crippen LogP contribution >= 0.6 is 0 Å². The number of aliphatic hydroxyl groups excluding tert-OH is 1. The van der Waals surface area contributed by atoms with Gasteiger partial charge in [-0.3, -0.25) is 0 Å². The summed E-state index contributed by atoms with van der Waals surface area (Å²) in [5.41, 5.74) is 1.47. The lowest BCUT2D eigenvalue weighted by Crippen LogP contribution is -2.37. The van der Waals surface area contributed by atoms with E-state index >= 15 is 0 Å². The summed E-state index contributed by atoms with van der Waals surface area (Å²) in [7, 11) is 2.15. The average molecular weight is 259 g/mol. The first-order valence-corrected chi connectivity index (χ1v) is 6.80. The van der Waals surface area contributed by atoms with Gasteiger partial charge in [-0.1, -0.05) is 12.1 Å². The van der Waals surface area contributed by atoms with Gasteiger partial charge in [0.2, 0.25) is 0 Å². The molecule has 1 heterocycles. The van der Waals surface area contributed by atoms with Crippen LogP contribution in [-0.2, 0) is 0 Å². The van der Waals surface area contributed by atoms with Crippen molar-refractivity contribution in [3.8, 4) is 6.07 Å². The van der Waals surface area contributed by atoms with Crippen molar-refractivity contribution >= 4 is 0 Å². The van der Waals surface area contributed by atoms with Crippen molar-refractivity contribution in [2.75, 3.05) is 26.7 Å². The van der Waals surface area contributed by atoms with Crippen molar-refractivity contribution in [3.05, 3.63) is 35.4 Å². The van der Waals surface area contributed by atoms with Crippen LogP contribution in [-0.4, -0.2) is 42.7 Å². The third-order valence-electron chi connectivity index (χ3n) is 3.81. The molecule has 2 atom stereocenters. The minimum atomic E-state index is -0.514. The molecule has 2 N–H and O–H groups in total. The summed E-state index contributed by atoms with van der Waals surface area (Å²) in [6.45, 7) is 2.64. The van der Waals surface area contributed by atoms with Crippen molar-refractivity contribution < 1.29 is 5.11 Å². The molecule has 19 heavy (non-hydrogen) atoms. The standard InChI is InChI=1S/C15H21N3O/c1-18-8-2-3-14(18)10-17-11-15(19)13-6-4-12(9-16)5-7-13/h4-7,14-15,17,19H,2-3,8,10-11H2,1H3. The van der Waals surface area contributed by atoms with E-state index in [9.17, 15) is 5.11 Å². The highest BCUT2D eigenvalue weighted by molar-refractivity contribution is 5.32.